The molecule has 0 aliphatic heterocycles. The second kappa shape index (κ2) is 5.24. The number of benzene rings is 1. The molecule has 0 radical (unpaired) electrons. The van der Waals surface area contributed by atoms with Crippen LogP contribution in [0.4, 0.5) is 4.39 Å². The van der Waals surface area contributed by atoms with Gasteiger partial charge in [0.1, 0.15) is 10.8 Å². The Morgan fingerprint density at radius 2 is 2.28 bits per heavy atom. The fourth-order valence-electron chi connectivity index (χ4n) is 1.56. The van der Waals surface area contributed by atoms with Crippen LogP contribution in [-0.4, -0.2) is 22.6 Å². The van der Waals surface area contributed by atoms with Crippen LogP contribution in [0.5, 0.6) is 0 Å². The number of aromatic carboxylic acids is 1. The number of nitrogens with zero attached hydrogens (tertiary/aromatic N) is 1. The molecular weight excluding hydrogens is 255 g/mol. The molecule has 4 nitrogen and oxygen atoms in total. The van der Waals surface area contributed by atoms with E-state index in [0.29, 0.717) is 28.4 Å². The summed E-state index contributed by atoms with van der Waals surface area (Å²) in [6.07, 6.45) is 0.453. The van der Waals surface area contributed by atoms with Crippen LogP contribution in [0.1, 0.15) is 15.4 Å². The first kappa shape index (κ1) is 12.7. The third kappa shape index (κ3) is 2.55. The number of thiazole rings is 1. The van der Waals surface area contributed by atoms with E-state index in [1.165, 1.54) is 23.5 Å². The Kier molecular flexibility index (Phi) is 3.69. The summed E-state index contributed by atoms with van der Waals surface area (Å²) in [4.78, 5) is 15.7. The SMILES string of the molecule is NCCc1sc(-c2cccc(F)c2)nc1C(=O)O. The quantitative estimate of drug-likeness (QED) is 0.889. The van der Waals surface area contributed by atoms with Crippen molar-refractivity contribution >= 4 is 17.3 Å². The van der Waals surface area contributed by atoms with Gasteiger partial charge in [0, 0.05) is 10.4 Å². The molecular formula is C12H11FN2O2S. The standard InChI is InChI=1S/C12H11FN2O2S/c13-8-3-1-2-7(6-8)11-15-10(12(16)17)9(18-11)4-5-14/h1-3,6H,4-5,14H2,(H,16,17). The molecule has 0 saturated carbocycles. The average molecular weight is 266 g/mol. The van der Waals surface area contributed by atoms with E-state index in [2.05, 4.69) is 4.98 Å². The minimum atomic E-state index is -1.09. The first-order valence-corrected chi connectivity index (χ1v) is 6.12. The number of halogens is 1. The molecule has 2 rings (SSSR count). The number of carbonyl (C=O) groups is 1. The molecule has 1 heterocycles. The predicted molar refractivity (Wildman–Crippen MR) is 67.2 cm³/mol. The van der Waals surface area contributed by atoms with Crippen LogP contribution in [0.15, 0.2) is 24.3 Å². The molecule has 3 N–H and O–H groups in total. The number of aromatic nitrogens is 1. The number of hydrogen-bond donors (Lipinski definition) is 2. The molecule has 0 fully saturated rings. The molecule has 0 atom stereocenters. The molecule has 6 heteroatoms. The molecule has 94 valence electrons. The molecule has 1 aromatic carbocycles. The van der Waals surface area contributed by atoms with E-state index in [9.17, 15) is 9.18 Å². The molecule has 2 aromatic rings. The zero-order valence-electron chi connectivity index (χ0n) is 9.39. The zero-order valence-corrected chi connectivity index (χ0v) is 10.2. The van der Waals surface area contributed by atoms with Crippen molar-refractivity contribution in [3.05, 3.63) is 40.7 Å². The van der Waals surface area contributed by atoms with Crippen LogP contribution in [0.3, 0.4) is 0 Å². The third-order valence-electron chi connectivity index (χ3n) is 2.34. The molecule has 0 amide bonds. The van der Waals surface area contributed by atoms with E-state index in [-0.39, 0.29) is 11.5 Å². The van der Waals surface area contributed by atoms with E-state index >= 15 is 0 Å². The number of carboxylic acid groups (broad SMARTS) is 1. The molecule has 0 bridgehead atoms. The van der Waals surface area contributed by atoms with Crippen molar-refractivity contribution in [3.63, 3.8) is 0 Å². The highest BCUT2D eigenvalue weighted by molar-refractivity contribution is 7.15. The van der Waals surface area contributed by atoms with Gasteiger partial charge in [-0.05, 0) is 25.1 Å². The molecule has 0 aliphatic carbocycles. The highest BCUT2D eigenvalue weighted by Gasteiger charge is 2.17. The minimum absolute atomic E-state index is 0.00436. The lowest BCUT2D eigenvalue weighted by molar-refractivity contribution is 0.0690. The Bertz CT molecular complexity index is 583. The van der Waals surface area contributed by atoms with E-state index in [1.807, 2.05) is 0 Å². The first-order chi connectivity index (χ1) is 8.61. The second-order valence-electron chi connectivity index (χ2n) is 3.64. The Labute approximate surface area is 107 Å². The maximum atomic E-state index is 13.1. The summed E-state index contributed by atoms with van der Waals surface area (Å²) in [6.45, 7) is 0.352. The summed E-state index contributed by atoms with van der Waals surface area (Å²) in [7, 11) is 0. The summed E-state index contributed by atoms with van der Waals surface area (Å²) < 4.78 is 13.1. The lowest BCUT2D eigenvalue weighted by Gasteiger charge is -1.95. The van der Waals surface area contributed by atoms with Gasteiger partial charge in [0.25, 0.3) is 0 Å². The molecule has 0 spiro atoms. The monoisotopic (exact) mass is 266 g/mol. The summed E-state index contributed by atoms with van der Waals surface area (Å²) in [6, 6.07) is 5.92. The Morgan fingerprint density at radius 1 is 1.50 bits per heavy atom. The Morgan fingerprint density at radius 3 is 2.89 bits per heavy atom. The van der Waals surface area contributed by atoms with Gasteiger partial charge in [-0.1, -0.05) is 12.1 Å². The lowest BCUT2D eigenvalue weighted by Crippen LogP contribution is -2.06. The van der Waals surface area contributed by atoms with Crippen LogP contribution in [0, 0.1) is 5.82 Å². The molecule has 0 aliphatic rings. The van der Waals surface area contributed by atoms with Crippen molar-refractivity contribution in [3.8, 4) is 10.6 Å². The van der Waals surface area contributed by atoms with Crippen molar-refractivity contribution < 1.29 is 14.3 Å². The largest absolute Gasteiger partial charge is 0.476 e. The van der Waals surface area contributed by atoms with E-state index < -0.39 is 5.97 Å². The number of hydrogen-bond acceptors (Lipinski definition) is 4. The summed E-state index contributed by atoms with van der Waals surface area (Å²) in [5.41, 5.74) is 6.01. The first-order valence-electron chi connectivity index (χ1n) is 5.31. The van der Waals surface area contributed by atoms with Crippen molar-refractivity contribution in [2.45, 2.75) is 6.42 Å². The molecule has 0 unspecified atom stereocenters. The van der Waals surface area contributed by atoms with Crippen molar-refractivity contribution in [2.24, 2.45) is 5.73 Å². The van der Waals surface area contributed by atoms with Crippen LogP contribution in [0.2, 0.25) is 0 Å². The topological polar surface area (TPSA) is 76.2 Å². The van der Waals surface area contributed by atoms with E-state index in [4.69, 9.17) is 10.8 Å². The fourth-order valence-corrected chi connectivity index (χ4v) is 2.63. The normalized spacial score (nSPS) is 10.6. The maximum Gasteiger partial charge on any atom is 0.355 e. The van der Waals surface area contributed by atoms with E-state index in [0.717, 1.165) is 0 Å². The zero-order chi connectivity index (χ0) is 13.1. The highest BCUT2D eigenvalue weighted by atomic mass is 32.1. The maximum absolute atomic E-state index is 13.1. The number of carboxylic acids is 1. The minimum Gasteiger partial charge on any atom is -0.476 e. The fraction of sp³-hybridized carbons (Fsp3) is 0.167. The molecule has 1 aromatic heterocycles. The van der Waals surface area contributed by atoms with Gasteiger partial charge in [-0.3, -0.25) is 0 Å². The van der Waals surface area contributed by atoms with Gasteiger partial charge in [-0.15, -0.1) is 11.3 Å². The summed E-state index contributed by atoms with van der Waals surface area (Å²) in [5, 5.41) is 9.53. The Balaban J connectivity index is 2.46. The smallest absolute Gasteiger partial charge is 0.355 e. The van der Waals surface area contributed by atoms with Crippen LogP contribution in [-0.2, 0) is 6.42 Å². The summed E-state index contributed by atoms with van der Waals surface area (Å²) >= 11 is 1.24. The van der Waals surface area contributed by atoms with Crippen LogP contribution in [0.25, 0.3) is 10.6 Å². The van der Waals surface area contributed by atoms with Gasteiger partial charge in [0.05, 0.1) is 0 Å². The molecule has 18 heavy (non-hydrogen) atoms. The van der Waals surface area contributed by atoms with Gasteiger partial charge < -0.3 is 10.8 Å². The predicted octanol–water partition coefficient (Wildman–Crippen LogP) is 2.15. The molecule has 0 saturated heterocycles. The van der Waals surface area contributed by atoms with Crippen molar-refractivity contribution in [1.82, 2.24) is 4.98 Å². The third-order valence-corrected chi connectivity index (χ3v) is 3.51. The average Bonchev–Trinajstić information content (AvgIpc) is 2.74. The van der Waals surface area contributed by atoms with Gasteiger partial charge in [0.15, 0.2) is 5.69 Å². The van der Waals surface area contributed by atoms with Crippen LogP contribution < -0.4 is 5.73 Å². The summed E-state index contributed by atoms with van der Waals surface area (Å²) in [5.74, 6) is -1.46. The van der Waals surface area contributed by atoms with Gasteiger partial charge in [0.2, 0.25) is 0 Å². The van der Waals surface area contributed by atoms with Gasteiger partial charge in [-0.2, -0.15) is 0 Å². The second-order valence-corrected chi connectivity index (χ2v) is 4.73. The van der Waals surface area contributed by atoms with E-state index in [1.54, 1.807) is 12.1 Å². The number of nitrogens with two attached hydrogens (primary N) is 1. The highest BCUT2D eigenvalue weighted by Crippen LogP contribution is 2.28. The van der Waals surface area contributed by atoms with Gasteiger partial charge in [-0.25, -0.2) is 14.2 Å². The van der Waals surface area contributed by atoms with Crippen molar-refractivity contribution in [1.29, 1.82) is 0 Å². The number of rotatable bonds is 4. The Hall–Kier alpha value is -1.79. The van der Waals surface area contributed by atoms with Crippen molar-refractivity contribution in [2.75, 3.05) is 6.54 Å². The van der Waals surface area contributed by atoms with Gasteiger partial charge >= 0.3 is 5.97 Å². The lowest BCUT2D eigenvalue weighted by atomic mass is 10.2. The van der Waals surface area contributed by atoms with Crippen LogP contribution >= 0.6 is 11.3 Å².